The second-order valence-electron chi connectivity index (χ2n) is 4.24. The van der Waals surface area contributed by atoms with Crippen LogP contribution in [0.5, 0.6) is 0 Å². The number of nitrogens with one attached hydrogen (secondary N) is 1. The summed E-state index contributed by atoms with van der Waals surface area (Å²) in [5, 5.41) is 3.43. The van der Waals surface area contributed by atoms with Gasteiger partial charge in [-0.05, 0) is 13.8 Å². The van der Waals surface area contributed by atoms with E-state index in [1.807, 2.05) is 19.3 Å². The van der Waals surface area contributed by atoms with Crippen molar-refractivity contribution in [2.24, 2.45) is 0 Å². The molecular weight excluding hydrogens is 224 g/mol. The highest BCUT2D eigenvalue weighted by atomic mass is 35.5. The van der Waals surface area contributed by atoms with Crippen LogP contribution in [0.2, 0.25) is 0 Å². The Kier molecular flexibility index (Phi) is 5.12. The molecule has 0 spiro atoms. The van der Waals surface area contributed by atoms with Crippen LogP contribution in [0.1, 0.15) is 18.3 Å². The fourth-order valence-corrected chi connectivity index (χ4v) is 1.89. The van der Waals surface area contributed by atoms with E-state index < -0.39 is 0 Å². The van der Waals surface area contributed by atoms with Crippen LogP contribution in [0, 0.1) is 6.92 Å². The maximum absolute atomic E-state index is 4.37. The molecule has 0 unspecified atom stereocenters. The summed E-state index contributed by atoms with van der Waals surface area (Å²) in [6.45, 7) is 8.35. The fourth-order valence-electron chi connectivity index (χ4n) is 1.89. The molecule has 0 radical (unpaired) electrons. The maximum atomic E-state index is 4.37. The molecule has 2 heterocycles. The Bertz CT molecular complexity index is 314. The SMILES string of the molecule is Cc1cnc(CN2CCN[C@@H](C)C2)cn1.Cl. The molecular formula is C11H19ClN4. The van der Waals surface area contributed by atoms with Crippen LogP contribution < -0.4 is 5.32 Å². The second-order valence-corrected chi connectivity index (χ2v) is 4.24. The van der Waals surface area contributed by atoms with Crippen molar-refractivity contribution in [3.8, 4) is 0 Å². The molecule has 1 saturated heterocycles. The van der Waals surface area contributed by atoms with Gasteiger partial charge in [-0.25, -0.2) is 0 Å². The molecule has 0 bridgehead atoms. The average Bonchev–Trinajstić information content (AvgIpc) is 2.22. The van der Waals surface area contributed by atoms with Crippen LogP contribution in [-0.4, -0.2) is 40.5 Å². The van der Waals surface area contributed by atoms with Gasteiger partial charge in [0.1, 0.15) is 0 Å². The third-order valence-corrected chi connectivity index (χ3v) is 2.67. The normalized spacial score (nSPS) is 21.5. The largest absolute Gasteiger partial charge is 0.312 e. The van der Waals surface area contributed by atoms with E-state index in [1.165, 1.54) is 0 Å². The monoisotopic (exact) mass is 242 g/mol. The zero-order valence-electron chi connectivity index (χ0n) is 9.81. The van der Waals surface area contributed by atoms with E-state index in [2.05, 4.69) is 27.1 Å². The summed E-state index contributed by atoms with van der Waals surface area (Å²) in [6, 6.07) is 0.581. The third kappa shape index (κ3) is 3.70. The molecule has 1 fully saturated rings. The van der Waals surface area contributed by atoms with E-state index in [-0.39, 0.29) is 12.4 Å². The molecule has 1 N–H and O–H groups in total. The summed E-state index contributed by atoms with van der Waals surface area (Å²) in [7, 11) is 0. The van der Waals surface area contributed by atoms with E-state index >= 15 is 0 Å². The molecule has 1 aliphatic heterocycles. The van der Waals surface area contributed by atoms with Crippen molar-refractivity contribution in [1.82, 2.24) is 20.2 Å². The number of aryl methyl sites for hydroxylation is 1. The van der Waals surface area contributed by atoms with Crippen molar-refractivity contribution in [1.29, 1.82) is 0 Å². The van der Waals surface area contributed by atoms with Gasteiger partial charge in [0.2, 0.25) is 0 Å². The number of rotatable bonds is 2. The van der Waals surface area contributed by atoms with Gasteiger partial charge in [0.15, 0.2) is 0 Å². The topological polar surface area (TPSA) is 41.1 Å². The van der Waals surface area contributed by atoms with E-state index in [4.69, 9.17) is 0 Å². The first-order chi connectivity index (χ1) is 7.24. The predicted octanol–water partition coefficient (Wildman–Crippen LogP) is 1.00. The van der Waals surface area contributed by atoms with E-state index in [0.717, 1.165) is 37.6 Å². The highest BCUT2D eigenvalue weighted by Crippen LogP contribution is 2.04. The lowest BCUT2D eigenvalue weighted by Crippen LogP contribution is -2.48. The molecule has 0 amide bonds. The zero-order valence-corrected chi connectivity index (χ0v) is 10.6. The van der Waals surface area contributed by atoms with Crippen molar-refractivity contribution in [2.75, 3.05) is 19.6 Å². The van der Waals surface area contributed by atoms with E-state index in [1.54, 1.807) is 0 Å². The number of hydrogen-bond donors (Lipinski definition) is 1. The molecule has 4 nitrogen and oxygen atoms in total. The summed E-state index contributed by atoms with van der Waals surface area (Å²) in [5.74, 6) is 0. The molecule has 0 saturated carbocycles. The molecule has 5 heteroatoms. The first kappa shape index (κ1) is 13.4. The van der Waals surface area contributed by atoms with Gasteiger partial charge in [-0.2, -0.15) is 0 Å². The molecule has 2 rings (SSSR count). The Hall–Kier alpha value is -0.710. The van der Waals surface area contributed by atoms with Gasteiger partial charge in [-0.3, -0.25) is 14.9 Å². The van der Waals surface area contributed by atoms with Crippen molar-refractivity contribution >= 4 is 12.4 Å². The Morgan fingerprint density at radius 1 is 1.44 bits per heavy atom. The first-order valence-electron chi connectivity index (χ1n) is 5.47. The van der Waals surface area contributed by atoms with Gasteiger partial charge in [-0.15, -0.1) is 12.4 Å². The maximum Gasteiger partial charge on any atom is 0.0727 e. The van der Waals surface area contributed by atoms with Gasteiger partial charge in [0.25, 0.3) is 0 Å². The standard InChI is InChI=1S/C11H18N4.ClH/c1-9-5-14-11(6-13-9)8-15-4-3-12-10(2)7-15;/h5-6,10,12H,3-4,7-8H2,1-2H3;1H/t10-;/m0./s1. The number of piperazine rings is 1. The van der Waals surface area contributed by atoms with Crippen molar-refractivity contribution in [3.05, 3.63) is 23.8 Å². The van der Waals surface area contributed by atoms with Crippen molar-refractivity contribution in [2.45, 2.75) is 26.4 Å². The summed E-state index contributed by atoms with van der Waals surface area (Å²) >= 11 is 0. The van der Waals surface area contributed by atoms with Gasteiger partial charge in [-0.1, -0.05) is 0 Å². The number of hydrogen-bond acceptors (Lipinski definition) is 4. The van der Waals surface area contributed by atoms with Crippen molar-refractivity contribution in [3.63, 3.8) is 0 Å². The average molecular weight is 243 g/mol. The molecule has 1 aliphatic rings. The smallest absolute Gasteiger partial charge is 0.0727 e. The van der Waals surface area contributed by atoms with Crippen LogP contribution in [-0.2, 0) is 6.54 Å². The minimum atomic E-state index is 0. The Morgan fingerprint density at radius 2 is 2.25 bits per heavy atom. The van der Waals surface area contributed by atoms with Crippen LogP contribution in [0.25, 0.3) is 0 Å². The van der Waals surface area contributed by atoms with Crippen LogP contribution in [0.3, 0.4) is 0 Å². The minimum absolute atomic E-state index is 0. The summed E-state index contributed by atoms with van der Waals surface area (Å²) < 4.78 is 0. The van der Waals surface area contributed by atoms with Gasteiger partial charge >= 0.3 is 0 Å². The fraction of sp³-hybridized carbons (Fsp3) is 0.636. The second kappa shape index (κ2) is 6.13. The van der Waals surface area contributed by atoms with Gasteiger partial charge < -0.3 is 5.32 Å². The quantitative estimate of drug-likeness (QED) is 0.840. The van der Waals surface area contributed by atoms with E-state index in [9.17, 15) is 0 Å². The Labute approximate surface area is 103 Å². The van der Waals surface area contributed by atoms with Gasteiger partial charge in [0, 0.05) is 44.6 Å². The summed E-state index contributed by atoms with van der Waals surface area (Å²) in [5.41, 5.74) is 2.04. The zero-order chi connectivity index (χ0) is 10.7. The lowest BCUT2D eigenvalue weighted by atomic mass is 10.2. The van der Waals surface area contributed by atoms with Crippen LogP contribution in [0.15, 0.2) is 12.4 Å². The highest BCUT2D eigenvalue weighted by molar-refractivity contribution is 5.85. The molecule has 16 heavy (non-hydrogen) atoms. The molecule has 90 valence electrons. The van der Waals surface area contributed by atoms with Crippen LogP contribution >= 0.6 is 12.4 Å². The van der Waals surface area contributed by atoms with E-state index in [0.29, 0.717) is 6.04 Å². The number of halogens is 1. The molecule has 1 aromatic rings. The van der Waals surface area contributed by atoms with Crippen molar-refractivity contribution < 1.29 is 0 Å². The number of nitrogens with zero attached hydrogens (tertiary/aromatic N) is 3. The lowest BCUT2D eigenvalue weighted by Gasteiger charge is -2.31. The molecule has 1 atom stereocenters. The third-order valence-electron chi connectivity index (χ3n) is 2.67. The predicted molar refractivity (Wildman–Crippen MR) is 66.8 cm³/mol. The lowest BCUT2D eigenvalue weighted by molar-refractivity contribution is 0.197. The van der Waals surface area contributed by atoms with Crippen LogP contribution in [0.4, 0.5) is 0 Å². The highest BCUT2D eigenvalue weighted by Gasteiger charge is 2.15. The Morgan fingerprint density at radius 3 is 2.88 bits per heavy atom. The first-order valence-corrected chi connectivity index (χ1v) is 5.47. The molecule has 1 aromatic heterocycles. The summed E-state index contributed by atoms with van der Waals surface area (Å²) in [4.78, 5) is 11.0. The Balaban J connectivity index is 0.00000128. The molecule has 0 aliphatic carbocycles. The van der Waals surface area contributed by atoms with Gasteiger partial charge in [0.05, 0.1) is 11.4 Å². The number of aromatic nitrogens is 2. The summed E-state index contributed by atoms with van der Waals surface area (Å²) in [6.07, 6.45) is 3.71. The molecule has 0 aromatic carbocycles. The minimum Gasteiger partial charge on any atom is -0.312 e.